The van der Waals surface area contributed by atoms with E-state index in [1.165, 1.54) is 6.33 Å². The number of hydrogen-bond donors (Lipinski definition) is 0. The van der Waals surface area contributed by atoms with Gasteiger partial charge in [-0.3, -0.25) is 9.59 Å². The summed E-state index contributed by atoms with van der Waals surface area (Å²) in [4.78, 5) is 32.3. The van der Waals surface area contributed by atoms with E-state index >= 15 is 0 Å². The Bertz CT molecular complexity index is 973. The lowest BCUT2D eigenvalue weighted by Gasteiger charge is -2.36. The number of nitrogens with zero attached hydrogens (tertiary/aromatic N) is 5. The highest BCUT2D eigenvalue weighted by Gasteiger charge is 2.22. The lowest BCUT2D eigenvalue weighted by atomic mass is 10.1. The van der Waals surface area contributed by atoms with Crippen LogP contribution in [0, 0.1) is 0 Å². The number of carbonyl (C=O) groups is 2. The maximum absolute atomic E-state index is 12.8. The molecule has 1 saturated heterocycles. The predicted octanol–water partition coefficient (Wildman–Crippen LogP) is 2.49. The number of Topliss-reactive ketones (excluding diaryl/α,β-unsaturated/α-hetero) is 1. The first-order chi connectivity index (χ1) is 14.1. The van der Waals surface area contributed by atoms with Crippen LogP contribution in [0.3, 0.4) is 0 Å². The molecule has 0 bridgehead atoms. The Morgan fingerprint density at radius 3 is 2.14 bits per heavy atom. The summed E-state index contributed by atoms with van der Waals surface area (Å²) >= 11 is 0. The Hall–Kier alpha value is -3.48. The Balaban J connectivity index is 1.34. The minimum Gasteiger partial charge on any atom is -0.368 e. The van der Waals surface area contributed by atoms with E-state index in [0.717, 1.165) is 29.9 Å². The molecule has 29 heavy (non-hydrogen) atoms. The Kier molecular flexibility index (Phi) is 5.37. The molecule has 0 N–H and O–H groups in total. The molecular weight excluding hydrogens is 366 g/mol. The summed E-state index contributed by atoms with van der Waals surface area (Å²) in [5.74, 6) is 0.128. The lowest BCUT2D eigenvalue weighted by molar-refractivity contribution is 0.0746. The molecule has 2 heterocycles. The molecule has 0 saturated carbocycles. The van der Waals surface area contributed by atoms with Gasteiger partial charge in [-0.1, -0.05) is 12.1 Å². The summed E-state index contributed by atoms with van der Waals surface area (Å²) in [6, 6.07) is 15.3. The molecule has 1 fully saturated rings. The van der Waals surface area contributed by atoms with Crippen LogP contribution in [0.1, 0.15) is 33.2 Å². The minimum absolute atomic E-state index is 0.0592. The van der Waals surface area contributed by atoms with Gasteiger partial charge in [-0.05, 0) is 48.9 Å². The second-order valence-corrected chi connectivity index (χ2v) is 7.17. The number of anilines is 1. The van der Waals surface area contributed by atoms with Crippen molar-refractivity contribution in [3.63, 3.8) is 0 Å². The number of hydrogen-bond acceptors (Lipinski definition) is 5. The number of aromatic nitrogens is 3. The molecule has 3 aromatic rings. The van der Waals surface area contributed by atoms with Crippen molar-refractivity contribution in [3.05, 3.63) is 77.9 Å². The first-order valence-electron chi connectivity index (χ1n) is 9.67. The zero-order chi connectivity index (χ0) is 20.2. The quantitative estimate of drug-likeness (QED) is 0.627. The van der Waals surface area contributed by atoms with Crippen LogP contribution in [0.15, 0.2) is 61.2 Å². The van der Waals surface area contributed by atoms with E-state index < -0.39 is 0 Å². The van der Waals surface area contributed by atoms with Gasteiger partial charge in [0.1, 0.15) is 12.7 Å². The molecule has 1 aliphatic rings. The largest absolute Gasteiger partial charge is 0.368 e. The smallest absolute Gasteiger partial charge is 0.253 e. The van der Waals surface area contributed by atoms with Gasteiger partial charge in [0.05, 0.1) is 6.54 Å². The van der Waals surface area contributed by atoms with Gasteiger partial charge in [-0.15, -0.1) is 0 Å². The van der Waals surface area contributed by atoms with E-state index in [2.05, 4.69) is 15.0 Å². The van der Waals surface area contributed by atoms with E-state index in [1.807, 2.05) is 53.4 Å². The summed E-state index contributed by atoms with van der Waals surface area (Å²) in [5.41, 5.74) is 3.58. The van der Waals surface area contributed by atoms with Crippen LogP contribution in [-0.2, 0) is 6.54 Å². The second kappa shape index (κ2) is 8.26. The van der Waals surface area contributed by atoms with Crippen LogP contribution in [0.2, 0.25) is 0 Å². The minimum atomic E-state index is 0.0592. The summed E-state index contributed by atoms with van der Waals surface area (Å²) < 4.78 is 1.75. The SMILES string of the molecule is CC(=O)c1ccc(N2CCN(C(=O)c3ccc(Cn4cncn4)cc3)CC2)cc1. The number of carbonyl (C=O) groups excluding carboxylic acids is 2. The van der Waals surface area contributed by atoms with Crippen LogP contribution < -0.4 is 4.90 Å². The van der Waals surface area contributed by atoms with Crippen molar-refractivity contribution < 1.29 is 9.59 Å². The predicted molar refractivity (Wildman–Crippen MR) is 110 cm³/mol. The van der Waals surface area contributed by atoms with Gasteiger partial charge in [0.25, 0.3) is 5.91 Å². The van der Waals surface area contributed by atoms with Gasteiger partial charge in [0.15, 0.2) is 5.78 Å². The van der Waals surface area contributed by atoms with Crippen LogP contribution in [0.5, 0.6) is 0 Å². The maximum Gasteiger partial charge on any atom is 0.253 e. The molecule has 7 heteroatoms. The van der Waals surface area contributed by atoms with Gasteiger partial charge < -0.3 is 9.80 Å². The van der Waals surface area contributed by atoms with Crippen molar-refractivity contribution in [1.82, 2.24) is 19.7 Å². The first kappa shape index (κ1) is 18.9. The number of piperazine rings is 1. The topological polar surface area (TPSA) is 71.3 Å². The first-order valence-corrected chi connectivity index (χ1v) is 9.67. The molecule has 1 aliphatic heterocycles. The van der Waals surface area contributed by atoms with Crippen molar-refractivity contribution in [3.8, 4) is 0 Å². The summed E-state index contributed by atoms with van der Waals surface area (Å²) in [5, 5.41) is 4.10. The van der Waals surface area contributed by atoms with Crippen LogP contribution in [0.4, 0.5) is 5.69 Å². The fraction of sp³-hybridized carbons (Fsp3) is 0.273. The number of benzene rings is 2. The molecule has 4 rings (SSSR count). The molecular formula is C22H23N5O2. The van der Waals surface area contributed by atoms with Crippen molar-refractivity contribution in [2.75, 3.05) is 31.1 Å². The molecule has 2 aromatic carbocycles. The summed E-state index contributed by atoms with van der Waals surface area (Å²) in [6.45, 7) is 5.10. The van der Waals surface area contributed by atoms with Crippen molar-refractivity contribution in [2.24, 2.45) is 0 Å². The summed E-state index contributed by atoms with van der Waals surface area (Å²) in [6.07, 6.45) is 3.18. The molecule has 148 valence electrons. The number of amides is 1. The standard InChI is InChI=1S/C22H23N5O2/c1-17(28)19-6-8-21(9-7-19)25-10-12-26(13-11-25)22(29)20-4-2-18(3-5-20)14-27-16-23-15-24-27/h2-9,15-16H,10-14H2,1H3. The van der Waals surface area contributed by atoms with Crippen LogP contribution in [-0.4, -0.2) is 57.5 Å². The van der Waals surface area contributed by atoms with Crippen LogP contribution >= 0.6 is 0 Å². The molecule has 0 atom stereocenters. The molecule has 0 spiro atoms. The van der Waals surface area contributed by atoms with E-state index in [4.69, 9.17) is 0 Å². The Morgan fingerprint density at radius 2 is 1.55 bits per heavy atom. The van der Waals surface area contributed by atoms with Crippen molar-refractivity contribution in [2.45, 2.75) is 13.5 Å². The van der Waals surface area contributed by atoms with Gasteiger partial charge in [-0.25, -0.2) is 9.67 Å². The molecule has 0 aliphatic carbocycles. The van der Waals surface area contributed by atoms with E-state index in [0.29, 0.717) is 25.2 Å². The van der Waals surface area contributed by atoms with E-state index in [1.54, 1.807) is 17.9 Å². The van der Waals surface area contributed by atoms with Crippen LogP contribution in [0.25, 0.3) is 0 Å². The Labute approximate surface area is 169 Å². The molecule has 1 amide bonds. The van der Waals surface area contributed by atoms with Gasteiger partial charge in [-0.2, -0.15) is 5.10 Å². The number of ketones is 1. The monoisotopic (exact) mass is 389 g/mol. The fourth-order valence-electron chi connectivity index (χ4n) is 3.51. The second-order valence-electron chi connectivity index (χ2n) is 7.17. The van der Waals surface area contributed by atoms with Gasteiger partial charge >= 0.3 is 0 Å². The third kappa shape index (κ3) is 4.34. The highest BCUT2D eigenvalue weighted by atomic mass is 16.2. The van der Waals surface area contributed by atoms with Crippen molar-refractivity contribution >= 4 is 17.4 Å². The van der Waals surface area contributed by atoms with Gasteiger partial charge in [0.2, 0.25) is 0 Å². The van der Waals surface area contributed by atoms with E-state index in [-0.39, 0.29) is 11.7 Å². The lowest BCUT2D eigenvalue weighted by Crippen LogP contribution is -2.48. The number of rotatable bonds is 5. The normalized spacial score (nSPS) is 14.1. The fourth-order valence-corrected chi connectivity index (χ4v) is 3.51. The van der Waals surface area contributed by atoms with Gasteiger partial charge in [0, 0.05) is 43.0 Å². The molecule has 7 nitrogen and oxygen atoms in total. The molecule has 0 unspecified atom stereocenters. The zero-order valence-electron chi connectivity index (χ0n) is 16.4. The average Bonchev–Trinajstić information content (AvgIpc) is 3.27. The molecule has 0 radical (unpaired) electrons. The average molecular weight is 389 g/mol. The highest BCUT2D eigenvalue weighted by molar-refractivity contribution is 5.95. The van der Waals surface area contributed by atoms with E-state index in [9.17, 15) is 9.59 Å². The molecule has 1 aromatic heterocycles. The third-order valence-electron chi connectivity index (χ3n) is 5.22. The van der Waals surface area contributed by atoms with Crippen molar-refractivity contribution in [1.29, 1.82) is 0 Å². The third-order valence-corrected chi connectivity index (χ3v) is 5.22. The maximum atomic E-state index is 12.8. The Morgan fingerprint density at radius 1 is 0.897 bits per heavy atom. The summed E-state index contributed by atoms with van der Waals surface area (Å²) in [7, 11) is 0. The zero-order valence-corrected chi connectivity index (χ0v) is 16.4. The highest BCUT2D eigenvalue weighted by Crippen LogP contribution is 2.19.